The third-order valence-corrected chi connectivity index (χ3v) is 5.04. The second kappa shape index (κ2) is 9.31. The molecule has 1 amide bonds. The zero-order valence-electron chi connectivity index (χ0n) is 17.0. The lowest BCUT2D eigenvalue weighted by Gasteiger charge is -2.17. The standard InChI is InChI=1S/C24H25N3O3/c1-2-29-21-11-7-18(8-12-21)23-14-13-22(30-23)17-25-26-24(28)19-5-9-20(10-6-19)27-15-3-4-16-27/h5-14,17H,2-4,15-16H2,1H3,(H,26,28)/b25-17-. The zero-order valence-corrected chi connectivity index (χ0v) is 17.0. The summed E-state index contributed by atoms with van der Waals surface area (Å²) in [5, 5.41) is 4.01. The highest BCUT2D eigenvalue weighted by molar-refractivity contribution is 5.95. The van der Waals surface area contributed by atoms with E-state index in [-0.39, 0.29) is 5.91 Å². The largest absolute Gasteiger partial charge is 0.494 e. The summed E-state index contributed by atoms with van der Waals surface area (Å²) >= 11 is 0. The molecule has 1 aliphatic rings. The van der Waals surface area contributed by atoms with Crippen LogP contribution < -0.4 is 15.1 Å². The van der Waals surface area contributed by atoms with E-state index in [9.17, 15) is 4.79 Å². The fourth-order valence-electron chi connectivity index (χ4n) is 3.48. The van der Waals surface area contributed by atoms with Crippen LogP contribution in [0.5, 0.6) is 5.75 Å². The number of ether oxygens (including phenoxy) is 1. The minimum absolute atomic E-state index is 0.252. The predicted octanol–water partition coefficient (Wildman–Crippen LogP) is 4.71. The summed E-state index contributed by atoms with van der Waals surface area (Å²) in [4.78, 5) is 14.6. The SMILES string of the molecule is CCOc1ccc(-c2ccc(/C=N\NC(=O)c3ccc(N4CCCC4)cc3)o2)cc1. The number of nitrogens with one attached hydrogen (secondary N) is 1. The first-order chi connectivity index (χ1) is 14.7. The number of carbonyl (C=O) groups is 1. The molecule has 6 nitrogen and oxygen atoms in total. The summed E-state index contributed by atoms with van der Waals surface area (Å²) in [7, 11) is 0. The maximum absolute atomic E-state index is 12.3. The van der Waals surface area contributed by atoms with Gasteiger partial charge in [0.05, 0.1) is 12.8 Å². The summed E-state index contributed by atoms with van der Waals surface area (Å²) in [5.74, 6) is 1.86. The number of furan rings is 1. The summed E-state index contributed by atoms with van der Waals surface area (Å²) < 4.78 is 11.2. The number of rotatable bonds is 7. The predicted molar refractivity (Wildman–Crippen MR) is 118 cm³/mol. The molecule has 1 aliphatic heterocycles. The van der Waals surface area contributed by atoms with Crippen LogP contribution in [0, 0.1) is 0 Å². The Hall–Kier alpha value is -3.54. The Morgan fingerprint density at radius 2 is 1.80 bits per heavy atom. The van der Waals surface area contributed by atoms with Crippen molar-refractivity contribution >= 4 is 17.8 Å². The van der Waals surface area contributed by atoms with Crippen LogP contribution in [0.15, 0.2) is 70.2 Å². The molecule has 0 spiro atoms. The molecule has 1 fully saturated rings. The van der Waals surface area contributed by atoms with Crippen LogP contribution in [0.4, 0.5) is 5.69 Å². The van der Waals surface area contributed by atoms with Crippen molar-refractivity contribution in [2.75, 3.05) is 24.6 Å². The van der Waals surface area contributed by atoms with Gasteiger partial charge in [0.15, 0.2) is 0 Å². The van der Waals surface area contributed by atoms with E-state index in [1.54, 1.807) is 0 Å². The molecule has 1 aromatic heterocycles. The minimum Gasteiger partial charge on any atom is -0.494 e. The van der Waals surface area contributed by atoms with Gasteiger partial charge in [0.25, 0.3) is 5.91 Å². The second-order valence-electron chi connectivity index (χ2n) is 7.10. The van der Waals surface area contributed by atoms with E-state index < -0.39 is 0 Å². The van der Waals surface area contributed by atoms with Crippen LogP contribution in [0.2, 0.25) is 0 Å². The van der Waals surface area contributed by atoms with E-state index >= 15 is 0 Å². The van der Waals surface area contributed by atoms with E-state index in [4.69, 9.17) is 9.15 Å². The van der Waals surface area contributed by atoms with E-state index in [0.717, 1.165) is 35.9 Å². The van der Waals surface area contributed by atoms with E-state index in [2.05, 4.69) is 15.4 Å². The van der Waals surface area contributed by atoms with Crippen molar-refractivity contribution < 1.29 is 13.9 Å². The van der Waals surface area contributed by atoms with Gasteiger partial charge in [-0.1, -0.05) is 0 Å². The van der Waals surface area contributed by atoms with Crippen molar-refractivity contribution in [1.82, 2.24) is 5.43 Å². The van der Waals surface area contributed by atoms with Crippen molar-refractivity contribution in [2.45, 2.75) is 19.8 Å². The molecule has 0 radical (unpaired) electrons. The van der Waals surface area contributed by atoms with Gasteiger partial charge in [-0.2, -0.15) is 5.10 Å². The first-order valence-corrected chi connectivity index (χ1v) is 10.2. The summed E-state index contributed by atoms with van der Waals surface area (Å²) in [5.41, 5.74) is 5.22. The molecule has 1 N–H and O–H groups in total. The van der Waals surface area contributed by atoms with Crippen LogP contribution in [0.1, 0.15) is 35.9 Å². The molecular formula is C24H25N3O3. The first-order valence-electron chi connectivity index (χ1n) is 10.2. The molecule has 2 heterocycles. The van der Waals surface area contributed by atoms with Crippen molar-refractivity contribution in [3.63, 3.8) is 0 Å². The smallest absolute Gasteiger partial charge is 0.271 e. The summed E-state index contributed by atoms with van der Waals surface area (Å²) in [6.07, 6.45) is 3.95. The Kier molecular flexibility index (Phi) is 6.13. The van der Waals surface area contributed by atoms with Crippen LogP contribution >= 0.6 is 0 Å². The molecule has 3 aromatic rings. The molecule has 30 heavy (non-hydrogen) atoms. The monoisotopic (exact) mass is 403 g/mol. The number of benzene rings is 2. The van der Waals surface area contributed by atoms with Crippen molar-refractivity contribution in [3.05, 3.63) is 72.0 Å². The molecule has 6 heteroatoms. The molecule has 4 rings (SSSR count). The van der Waals surface area contributed by atoms with Gasteiger partial charge in [0.1, 0.15) is 17.3 Å². The first kappa shape index (κ1) is 19.8. The number of nitrogens with zero attached hydrogens (tertiary/aromatic N) is 2. The van der Waals surface area contributed by atoms with Crippen LogP contribution in [-0.4, -0.2) is 31.8 Å². The van der Waals surface area contributed by atoms with E-state index in [1.165, 1.54) is 19.1 Å². The fourth-order valence-corrected chi connectivity index (χ4v) is 3.48. The number of hydrogen-bond donors (Lipinski definition) is 1. The van der Waals surface area contributed by atoms with E-state index in [0.29, 0.717) is 17.9 Å². The van der Waals surface area contributed by atoms with Gasteiger partial charge < -0.3 is 14.1 Å². The highest BCUT2D eigenvalue weighted by Gasteiger charge is 2.13. The van der Waals surface area contributed by atoms with Gasteiger partial charge in [-0.15, -0.1) is 0 Å². The Morgan fingerprint density at radius 1 is 1.07 bits per heavy atom. The zero-order chi connectivity index (χ0) is 20.8. The van der Waals surface area contributed by atoms with Crippen LogP contribution in [-0.2, 0) is 0 Å². The number of anilines is 1. The maximum Gasteiger partial charge on any atom is 0.271 e. The summed E-state index contributed by atoms with van der Waals surface area (Å²) in [6.45, 7) is 4.75. The van der Waals surface area contributed by atoms with Gasteiger partial charge in [-0.3, -0.25) is 4.79 Å². The topological polar surface area (TPSA) is 67.1 Å². The molecule has 0 atom stereocenters. The Labute approximate surface area is 176 Å². The normalized spacial score (nSPS) is 13.7. The van der Waals surface area contributed by atoms with Gasteiger partial charge in [0.2, 0.25) is 0 Å². The lowest BCUT2D eigenvalue weighted by molar-refractivity contribution is 0.0955. The molecule has 0 unspecified atom stereocenters. The lowest BCUT2D eigenvalue weighted by Crippen LogP contribution is -2.19. The Bertz CT molecular complexity index is 1000. The number of carbonyl (C=O) groups excluding carboxylic acids is 1. The maximum atomic E-state index is 12.3. The molecule has 1 saturated heterocycles. The lowest BCUT2D eigenvalue weighted by atomic mass is 10.2. The van der Waals surface area contributed by atoms with Crippen LogP contribution in [0.25, 0.3) is 11.3 Å². The van der Waals surface area contributed by atoms with Crippen molar-refractivity contribution in [1.29, 1.82) is 0 Å². The Balaban J connectivity index is 1.33. The molecule has 0 aliphatic carbocycles. The fraction of sp³-hybridized carbons (Fsp3) is 0.250. The van der Waals surface area contributed by atoms with E-state index in [1.807, 2.05) is 67.6 Å². The third-order valence-electron chi connectivity index (χ3n) is 5.04. The minimum atomic E-state index is -0.252. The molecule has 2 aromatic carbocycles. The van der Waals surface area contributed by atoms with Gasteiger partial charge in [-0.25, -0.2) is 5.43 Å². The van der Waals surface area contributed by atoms with Gasteiger partial charge in [-0.05, 0) is 80.4 Å². The highest BCUT2D eigenvalue weighted by atomic mass is 16.5. The average molecular weight is 403 g/mol. The van der Waals surface area contributed by atoms with Crippen molar-refractivity contribution in [3.8, 4) is 17.1 Å². The Morgan fingerprint density at radius 3 is 2.50 bits per heavy atom. The molecule has 0 saturated carbocycles. The average Bonchev–Trinajstić information content (AvgIpc) is 3.47. The third kappa shape index (κ3) is 4.71. The number of hydrogen-bond acceptors (Lipinski definition) is 5. The summed E-state index contributed by atoms with van der Waals surface area (Å²) in [6, 6.07) is 19.0. The molecule has 0 bridgehead atoms. The van der Waals surface area contributed by atoms with Gasteiger partial charge >= 0.3 is 0 Å². The highest BCUT2D eigenvalue weighted by Crippen LogP contribution is 2.24. The number of hydrazone groups is 1. The van der Waals surface area contributed by atoms with Crippen LogP contribution in [0.3, 0.4) is 0 Å². The molecule has 154 valence electrons. The number of amides is 1. The molecular weight excluding hydrogens is 378 g/mol. The van der Waals surface area contributed by atoms with Gasteiger partial charge in [0, 0.05) is 29.9 Å². The quantitative estimate of drug-likeness (QED) is 0.458. The van der Waals surface area contributed by atoms with Crippen molar-refractivity contribution in [2.24, 2.45) is 5.10 Å². The second-order valence-corrected chi connectivity index (χ2v) is 7.10.